The average molecular weight is 250 g/mol. The number of nitrogens with zero attached hydrogens (tertiary/aromatic N) is 1. The lowest BCUT2D eigenvalue weighted by Crippen LogP contribution is -2.16. The molecule has 6 nitrogen and oxygen atoms in total. The Morgan fingerprint density at radius 1 is 1.33 bits per heavy atom. The molecule has 0 aliphatic heterocycles. The van der Waals surface area contributed by atoms with E-state index in [0.29, 0.717) is 5.69 Å². The highest BCUT2D eigenvalue weighted by molar-refractivity contribution is 6.08. The van der Waals surface area contributed by atoms with Gasteiger partial charge in [0.05, 0.1) is 7.11 Å². The van der Waals surface area contributed by atoms with Gasteiger partial charge in [-0.15, -0.1) is 0 Å². The molecule has 96 valence electrons. The summed E-state index contributed by atoms with van der Waals surface area (Å²) in [6.45, 7) is 2.82. The Hall–Kier alpha value is -2.37. The van der Waals surface area contributed by atoms with Crippen LogP contribution in [-0.4, -0.2) is 29.1 Å². The quantitative estimate of drug-likeness (QED) is 0.789. The molecule has 0 aliphatic carbocycles. The van der Waals surface area contributed by atoms with Gasteiger partial charge in [0.25, 0.3) is 5.91 Å². The lowest BCUT2D eigenvalue weighted by Gasteiger charge is -2.09. The smallest absolute Gasteiger partial charge is 0.331 e. The highest BCUT2D eigenvalue weighted by Gasteiger charge is 2.14. The van der Waals surface area contributed by atoms with Crippen molar-refractivity contribution in [2.75, 3.05) is 12.4 Å². The largest absolute Gasteiger partial charge is 0.480 e. The highest BCUT2D eigenvalue weighted by atomic mass is 16.5. The average Bonchev–Trinajstić information content (AvgIpc) is 2.37. The Labute approximate surface area is 104 Å². The number of ether oxygens (including phenoxy) is 1. The molecule has 1 aromatic rings. The van der Waals surface area contributed by atoms with Crippen LogP contribution in [0.5, 0.6) is 5.88 Å². The lowest BCUT2D eigenvalue weighted by molar-refractivity contribution is -0.133. The molecule has 0 radical (unpaired) electrons. The van der Waals surface area contributed by atoms with Gasteiger partial charge in [-0.3, -0.25) is 4.79 Å². The summed E-state index contributed by atoms with van der Waals surface area (Å²) in [4.78, 5) is 26.5. The zero-order valence-corrected chi connectivity index (χ0v) is 10.4. The first-order valence-corrected chi connectivity index (χ1v) is 5.18. The molecule has 0 saturated heterocycles. The number of carboxylic acids is 1. The zero-order chi connectivity index (χ0) is 13.7. The molecule has 6 heteroatoms. The van der Waals surface area contributed by atoms with Gasteiger partial charge >= 0.3 is 5.97 Å². The standard InChI is InChI=1S/C12H14N2O4/c1-7(8(2)12(16)17)10(15)14-9-5-4-6-13-11(9)18-3/h4-6H,1-3H3,(H,14,15)(H,16,17). The van der Waals surface area contributed by atoms with Crippen molar-refractivity contribution in [3.05, 3.63) is 29.5 Å². The number of aliphatic carboxylic acids is 1. The molecule has 0 aromatic carbocycles. The number of carbonyl (C=O) groups is 2. The molecule has 0 saturated carbocycles. The van der Waals surface area contributed by atoms with Crippen molar-refractivity contribution in [1.29, 1.82) is 0 Å². The number of anilines is 1. The van der Waals surface area contributed by atoms with E-state index >= 15 is 0 Å². The zero-order valence-electron chi connectivity index (χ0n) is 10.4. The maximum absolute atomic E-state index is 11.8. The van der Waals surface area contributed by atoms with E-state index in [1.807, 2.05) is 0 Å². The molecule has 0 atom stereocenters. The number of methoxy groups -OCH3 is 1. The fourth-order valence-electron chi connectivity index (χ4n) is 1.20. The fourth-order valence-corrected chi connectivity index (χ4v) is 1.20. The molecular formula is C12H14N2O4. The summed E-state index contributed by atoms with van der Waals surface area (Å²) in [5.74, 6) is -1.35. The molecule has 18 heavy (non-hydrogen) atoms. The minimum Gasteiger partial charge on any atom is -0.480 e. The van der Waals surface area contributed by atoms with Crippen molar-refractivity contribution in [2.24, 2.45) is 0 Å². The SMILES string of the molecule is COc1ncccc1NC(=O)C(C)=C(C)C(=O)O. The predicted octanol–water partition coefficient (Wildman–Crippen LogP) is 1.45. The number of aromatic nitrogens is 1. The van der Waals surface area contributed by atoms with Crippen molar-refractivity contribution in [1.82, 2.24) is 4.98 Å². The first-order valence-electron chi connectivity index (χ1n) is 5.18. The van der Waals surface area contributed by atoms with Crippen LogP contribution >= 0.6 is 0 Å². The summed E-state index contributed by atoms with van der Waals surface area (Å²) in [5.41, 5.74) is 0.520. The molecule has 1 heterocycles. The van der Waals surface area contributed by atoms with Crippen LogP contribution in [0, 0.1) is 0 Å². The predicted molar refractivity (Wildman–Crippen MR) is 65.4 cm³/mol. The number of nitrogens with one attached hydrogen (secondary N) is 1. The molecule has 1 amide bonds. The number of pyridine rings is 1. The maximum Gasteiger partial charge on any atom is 0.331 e. The van der Waals surface area contributed by atoms with E-state index in [4.69, 9.17) is 9.84 Å². The van der Waals surface area contributed by atoms with E-state index in [1.165, 1.54) is 27.2 Å². The number of amides is 1. The first kappa shape index (κ1) is 13.7. The van der Waals surface area contributed by atoms with Crippen molar-refractivity contribution < 1.29 is 19.4 Å². The second-order valence-corrected chi connectivity index (χ2v) is 3.57. The van der Waals surface area contributed by atoms with Crippen LogP contribution in [0.25, 0.3) is 0 Å². The minimum atomic E-state index is -1.12. The number of carbonyl (C=O) groups excluding carboxylic acids is 1. The Balaban J connectivity index is 2.95. The van der Waals surface area contributed by atoms with Gasteiger partial charge < -0.3 is 15.2 Å². The third-order valence-electron chi connectivity index (χ3n) is 2.44. The van der Waals surface area contributed by atoms with Crippen molar-refractivity contribution in [2.45, 2.75) is 13.8 Å². The lowest BCUT2D eigenvalue weighted by atomic mass is 10.1. The molecule has 1 aromatic heterocycles. The number of rotatable bonds is 4. The second kappa shape index (κ2) is 5.81. The molecule has 1 rings (SSSR count). The van der Waals surface area contributed by atoms with Crippen LogP contribution in [-0.2, 0) is 9.59 Å². The second-order valence-electron chi connectivity index (χ2n) is 3.57. The number of carboxylic acid groups (broad SMARTS) is 1. The molecule has 2 N–H and O–H groups in total. The van der Waals surface area contributed by atoms with E-state index in [9.17, 15) is 9.59 Å². The van der Waals surface area contributed by atoms with Crippen molar-refractivity contribution in [3.8, 4) is 5.88 Å². The molecule has 0 spiro atoms. The Morgan fingerprint density at radius 3 is 2.56 bits per heavy atom. The van der Waals surface area contributed by atoms with Gasteiger partial charge in [-0.1, -0.05) is 0 Å². The van der Waals surface area contributed by atoms with E-state index < -0.39 is 11.9 Å². The summed E-state index contributed by atoms with van der Waals surface area (Å²) in [6, 6.07) is 3.26. The molecule has 0 unspecified atom stereocenters. The van der Waals surface area contributed by atoms with Crippen LogP contribution < -0.4 is 10.1 Å². The molecular weight excluding hydrogens is 236 g/mol. The summed E-state index contributed by atoms with van der Waals surface area (Å²) < 4.78 is 4.98. The van der Waals surface area contributed by atoms with Gasteiger partial charge in [0, 0.05) is 17.3 Å². The number of hydrogen-bond donors (Lipinski definition) is 2. The Morgan fingerprint density at radius 2 is 2.00 bits per heavy atom. The van der Waals surface area contributed by atoms with E-state index in [-0.39, 0.29) is 17.0 Å². The normalized spacial score (nSPS) is 11.5. The minimum absolute atomic E-state index is 0.00430. The van der Waals surface area contributed by atoms with Gasteiger partial charge in [-0.25, -0.2) is 9.78 Å². The van der Waals surface area contributed by atoms with Crippen molar-refractivity contribution in [3.63, 3.8) is 0 Å². The Kier molecular flexibility index (Phi) is 4.42. The summed E-state index contributed by atoms with van der Waals surface area (Å²) >= 11 is 0. The monoisotopic (exact) mass is 250 g/mol. The molecule has 0 bridgehead atoms. The third kappa shape index (κ3) is 3.07. The van der Waals surface area contributed by atoms with Gasteiger partial charge in [-0.05, 0) is 26.0 Å². The van der Waals surface area contributed by atoms with Crippen LogP contribution in [0.15, 0.2) is 29.5 Å². The summed E-state index contributed by atoms with van der Waals surface area (Å²) in [7, 11) is 1.43. The fraction of sp³-hybridized carbons (Fsp3) is 0.250. The van der Waals surface area contributed by atoms with Gasteiger partial charge in [0.15, 0.2) is 0 Å². The van der Waals surface area contributed by atoms with Gasteiger partial charge in [-0.2, -0.15) is 0 Å². The summed E-state index contributed by atoms with van der Waals surface area (Å²) in [6.07, 6.45) is 1.53. The summed E-state index contributed by atoms with van der Waals surface area (Å²) in [5, 5.41) is 11.3. The molecule has 0 fully saturated rings. The van der Waals surface area contributed by atoms with Crippen LogP contribution in [0.1, 0.15) is 13.8 Å². The first-order chi connectivity index (χ1) is 8.47. The van der Waals surface area contributed by atoms with Crippen molar-refractivity contribution >= 4 is 17.6 Å². The van der Waals surface area contributed by atoms with E-state index in [2.05, 4.69) is 10.3 Å². The van der Waals surface area contributed by atoms with Crippen LogP contribution in [0.3, 0.4) is 0 Å². The Bertz CT molecular complexity index is 509. The van der Waals surface area contributed by atoms with Crippen LogP contribution in [0.4, 0.5) is 5.69 Å². The topological polar surface area (TPSA) is 88.5 Å². The number of hydrogen-bond acceptors (Lipinski definition) is 4. The van der Waals surface area contributed by atoms with E-state index in [0.717, 1.165) is 0 Å². The third-order valence-corrected chi connectivity index (χ3v) is 2.44. The van der Waals surface area contributed by atoms with Crippen LogP contribution in [0.2, 0.25) is 0 Å². The molecule has 0 aliphatic rings. The van der Waals surface area contributed by atoms with E-state index in [1.54, 1.807) is 12.1 Å². The van der Waals surface area contributed by atoms with Gasteiger partial charge in [0.2, 0.25) is 5.88 Å². The maximum atomic E-state index is 11.8. The highest BCUT2D eigenvalue weighted by Crippen LogP contribution is 2.20. The van der Waals surface area contributed by atoms with Gasteiger partial charge in [0.1, 0.15) is 5.69 Å².